The molecule has 0 N–H and O–H groups in total. The summed E-state index contributed by atoms with van der Waals surface area (Å²) in [5, 5.41) is 0. The minimum absolute atomic E-state index is 0.367. The highest BCUT2D eigenvalue weighted by molar-refractivity contribution is 14.1. The van der Waals surface area contributed by atoms with Crippen LogP contribution in [0.3, 0.4) is 0 Å². The fraction of sp³-hybridized carbons (Fsp3) is 0.154. The van der Waals surface area contributed by atoms with Crippen LogP contribution >= 0.6 is 90.4 Å². The summed E-state index contributed by atoms with van der Waals surface area (Å²) in [5.74, 6) is -48.8. The SMILES string of the molecule is Fc1c(F)c(C2C(c3c(F)c(F)c(I)c(F)c3F)C(c3c(F)c(F)c(I)c(F)c3F)C2c2c(F)c(F)c(I)c(F)c2F)c(F)c(F)c1I.c1cc(C2C(c3ccncc3)C(c3ccncc3)C2c2ccncc2)ccn1. The molecular weight excluding hydrogens is 1490 g/mol. The maximum atomic E-state index is 15.5. The van der Waals surface area contributed by atoms with Crippen molar-refractivity contribution in [3.8, 4) is 0 Å². The fourth-order valence-electron chi connectivity index (χ4n) is 10.6. The van der Waals surface area contributed by atoms with Crippen LogP contribution in [0.15, 0.2) is 98.1 Å². The molecule has 2 fully saturated rings. The van der Waals surface area contributed by atoms with E-state index in [1.807, 2.05) is 49.6 Å². The van der Waals surface area contributed by atoms with E-state index in [9.17, 15) is 35.1 Å². The molecule has 0 amide bonds. The quantitative estimate of drug-likeness (QED) is 0.0658. The summed E-state index contributed by atoms with van der Waals surface area (Å²) >= 11 is 3.00. The summed E-state index contributed by atoms with van der Waals surface area (Å²) < 4.78 is 237. The number of hydrogen-bond donors (Lipinski definition) is 0. The summed E-state index contributed by atoms with van der Waals surface area (Å²) in [7, 11) is 0. The Balaban J connectivity index is 0.000000212. The molecule has 0 spiro atoms. The van der Waals surface area contributed by atoms with Crippen LogP contribution in [-0.2, 0) is 0 Å². The summed E-state index contributed by atoms with van der Waals surface area (Å²) in [6, 6.07) is 17.2. The van der Waals surface area contributed by atoms with Gasteiger partial charge in [-0.2, -0.15) is 0 Å². The zero-order valence-corrected chi connectivity index (χ0v) is 45.8. The zero-order chi connectivity index (χ0) is 54.9. The van der Waals surface area contributed by atoms with Gasteiger partial charge in [0.1, 0.15) is 0 Å². The van der Waals surface area contributed by atoms with Crippen molar-refractivity contribution in [2.24, 2.45) is 0 Å². The first-order valence-corrected chi connectivity index (χ1v) is 26.1. The third-order valence-electron chi connectivity index (χ3n) is 13.8. The lowest BCUT2D eigenvalue weighted by Crippen LogP contribution is -2.44. The van der Waals surface area contributed by atoms with E-state index in [2.05, 4.69) is 68.5 Å². The second kappa shape index (κ2) is 22.2. The van der Waals surface area contributed by atoms with Gasteiger partial charge < -0.3 is 0 Å². The van der Waals surface area contributed by atoms with Gasteiger partial charge in [-0.1, -0.05) is 0 Å². The lowest BCUT2D eigenvalue weighted by molar-refractivity contribution is 0.180. The Labute approximate surface area is 473 Å². The van der Waals surface area contributed by atoms with Crippen LogP contribution in [0.4, 0.5) is 70.2 Å². The van der Waals surface area contributed by atoms with Gasteiger partial charge in [0, 0.05) is 95.5 Å². The zero-order valence-electron chi connectivity index (χ0n) is 37.2. The smallest absolute Gasteiger partial charge is 0.175 e. The van der Waals surface area contributed by atoms with Crippen LogP contribution in [0.5, 0.6) is 0 Å². The van der Waals surface area contributed by atoms with E-state index in [1.165, 1.54) is 22.3 Å². The molecule has 4 heterocycles. The number of aromatic nitrogens is 4. The summed E-state index contributed by atoms with van der Waals surface area (Å²) in [4.78, 5) is 16.9. The number of rotatable bonds is 8. The van der Waals surface area contributed by atoms with E-state index in [1.54, 1.807) is 0 Å². The van der Waals surface area contributed by atoms with E-state index >= 15 is 35.1 Å². The molecular formula is C52H24F16I4N4. The largest absolute Gasteiger partial charge is 0.265 e. The Morgan fingerprint density at radius 1 is 0.211 bits per heavy atom. The molecule has 0 saturated heterocycles. The van der Waals surface area contributed by atoms with Gasteiger partial charge in [-0.3, -0.25) is 19.9 Å². The molecule has 0 bridgehead atoms. The Bertz CT molecular complexity index is 2970. The minimum Gasteiger partial charge on any atom is -0.265 e. The molecule has 10 rings (SSSR count). The first-order chi connectivity index (χ1) is 36.1. The first kappa shape index (κ1) is 56.0. The van der Waals surface area contributed by atoms with E-state index in [-0.39, 0.29) is 0 Å². The Kier molecular flexibility index (Phi) is 16.4. The topological polar surface area (TPSA) is 51.6 Å². The van der Waals surface area contributed by atoms with Gasteiger partial charge in [-0.15, -0.1) is 0 Å². The predicted octanol–water partition coefficient (Wildman–Crippen LogP) is 16.5. The molecule has 4 aromatic heterocycles. The standard InChI is InChI=1S/C28H4F16I4.C24H20N4/c29-9-5(10(30)18(38)25(45)17(9)37)1-2(6-11(31)19(39)26(46)20(40)12(6)32)4(8-15(35)23(43)28(48)24(44)16(8)36)3(1)7-13(33)21(41)27(47)22(42)14(7)34;1-9-25-10-2-17(1)21-22(18-3-11-26-12-4-18)24(20-7-15-28-16-8-20)23(21)19-5-13-27-14-6-19/h1-4H;1-16,21-24H. The molecule has 0 radical (unpaired) electrons. The van der Waals surface area contributed by atoms with Crippen LogP contribution in [0, 0.1) is 107 Å². The lowest BCUT2D eigenvalue weighted by Gasteiger charge is -2.53. The molecule has 4 aromatic carbocycles. The predicted molar refractivity (Wildman–Crippen MR) is 275 cm³/mol. The van der Waals surface area contributed by atoms with Crippen LogP contribution in [0.25, 0.3) is 0 Å². The molecule has 24 heteroatoms. The fourth-order valence-corrected chi connectivity index (χ4v) is 12.5. The Hall–Kier alpha value is -4.72. The summed E-state index contributed by atoms with van der Waals surface area (Å²) in [6.07, 6.45) is 15.1. The van der Waals surface area contributed by atoms with E-state index in [0.717, 1.165) is 90.4 Å². The Morgan fingerprint density at radius 3 is 0.474 bits per heavy atom. The van der Waals surface area contributed by atoms with Crippen molar-refractivity contribution < 1.29 is 70.2 Å². The maximum absolute atomic E-state index is 15.5. The highest BCUT2D eigenvalue weighted by atomic mass is 127. The number of pyridine rings is 4. The van der Waals surface area contributed by atoms with E-state index < -0.39 is 153 Å². The number of halogens is 20. The molecule has 76 heavy (non-hydrogen) atoms. The first-order valence-electron chi connectivity index (χ1n) is 21.8. The molecule has 0 atom stereocenters. The van der Waals surface area contributed by atoms with Gasteiger partial charge in [-0.25, -0.2) is 70.2 Å². The highest BCUT2D eigenvalue weighted by Crippen LogP contribution is 2.70. The van der Waals surface area contributed by atoms with Gasteiger partial charge in [0.25, 0.3) is 0 Å². The van der Waals surface area contributed by atoms with Crippen molar-refractivity contribution in [3.63, 3.8) is 0 Å². The molecule has 2 aliphatic carbocycles. The van der Waals surface area contributed by atoms with Crippen LogP contribution in [0.1, 0.15) is 91.9 Å². The van der Waals surface area contributed by atoms with Gasteiger partial charge in [0.15, 0.2) is 93.1 Å². The van der Waals surface area contributed by atoms with Crippen LogP contribution in [-0.4, -0.2) is 19.9 Å². The van der Waals surface area contributed by atoms with Crippen LogP contribution < -0.4 is 0 Å². The molecule has 2 aliphatic rings. The summed E-state index contributed by atoms with van der Waals surface area (Å²) in [5.41, 5.74) is -2.98. The normalized spacial score (nSPS) is 20.9. The van der Waals surface area contributed by atoms with Gasteiger partial charge >= 0.3 is 0 Å². The number of hydrogen-bond acceptors (Lipinski definition) is 4. The molecule has 8 aromatic rings. The third-order valence-corrected chi connectivity index (χ3v) is 17.6. The van der Waals surface area contributed by atoms with Crippen molar-refractivity contribution in [2.75, 3.05) is 0 Å². The second-order valence-corrected chi connectivity index (χ2v) is 21.6. The molecule has 0 aliphatic heterocycles. The lowest BCUT2D eigenvalue weighted by atomic mass is 9.48. The van der Waals surface area contributed by atoms with Crippen molar-refractivity contribution in [1.82, 2.24) is 19.9 Å². The average Bonchev–Trinajstić information content (AvgIpc) is 3.43. The second-order valence-electron chi connectivity index (χ2n) is 17.3. The molecule has 2 saturated carbocycles. The number of nitrogens with zero attached hydrogens (tertiary/aromatic N) is 4. The van der Waals surface area contributed by atoms with Gasteiger partial charge in [0.05, 0.1) is 14.3 Å². The van der Waals surface area contributed by atoms with Crippen molar-refractivity contribution >= 4 is 90.4 Å². The average molecular weight is 1520 g/mol. The van der Waals surface area contributed by atoms with Crippen molar-refractivity contribution in [2.45, 2.75) is 47.3 Å². The maximum Gasteiger partial charge on any atom is 0.175 e. The van der Waals surface area contributed by atoms with Gasteiger partial charge in [-0.05, 0) is 185 Å². The monoisotopic (exact) mass is 1520 g/mol. The Morgan fingerprint density at radius 2 is 0.342 bits per heavy atom. The van der Waals surface area contributed by atoms with Crippen LogP contribution in [0.2, 0.25) is 0 Å². The molecule has 0 unspecified atom stereocenters. The summed E-state index contributed by atoms with van der Waals surface area (Å²) in [6.45, 7) is 0. The van der Waals surface area contributed by atoms with E-state index in [4.69, 9.17) is 0 Å². The van der Waals surface area contributed by atoms with E-state index in [0.29, 0.717) is 23.7 Å². The number of benzene rings is 4. The third kappa shape index (κ3) is 9.21. The molecule has 392 valence electrons. The highest BCUT2D eigenvalue weighted by Gasteiger charge is 2.61. The van der Waals surface area contributed by atoms with Gasteiger partial charge in [0.2, 0.25) is 0 Å². The molecule has 4 nitrogen and oxygen atoms in total. The van der Waals surface area contributed by atoms with Crippen molar-refractivity contribution in [1.29, 1.82) is 0 Å². The minimum atomic E-state index is -3.06. The van der Waals surface area contributed by atoms with Crippen molar-refractivity contribution in [3.05, 3.63) is 250 Å².